The van der Waals surface area contributed by atoms with Crippen molar-refractivity contribution in [2.24, 2.45) is 0 Å². The van der Waals surface area contributed by atoms with Crippen molar-refractivity contribution in [3.8, 4) is 0 Å². The second kappa shape index (κ2) is 5.34. The Labute approximate surface area is 115 Å². The molecule has 1 aliphatic heterocycles. The third kappa shape index (κ3) is 3.23. The third-order valence-corrected chi connectivity index (χ3v) is 2.63. The van der Waals surface area contributed by atoms with E-state index in [4.69, 9.17) is 4.74 Å². The monoisotopic (exact) mass is 293 g/mol. The van der Waals surface area contributed by atoms with Crippen molar-refractivity contribution in [1.29, 1.82) is 0 Å². The van der Waals surface area contributed by atoms with Gasteiger partial charge in [-0.3, -0.25) is 4.79 Å². The fourth-order valence-electron chi connectivity index (χ4n) is 1.72. The van der Waals surface area contributed by atoms with Crippen LogP contribution in [-0.4, -0.2) is 60.4 Å². The summed E-state index contributed by atoms with van der Waals surface area (Å²) < 4.78 is 37.0. The lowest BCUT2D eigenvalue weighted by Crippen LogP contribution is -2.63. The molecule has 0 aliphatic carbocycles. The summed E-state index contributed by atoms with van der Waals surface area (Å²) in [7, 11) is 0.872. The number of carbonyl (C=O) groups is 3. The number of ketones is 1. The molecule has 1 aliphatic rings. The van der Waals surface area contributed by atoms with Crippen molar-refractivity contribution in [2.75, 3.05) is 20.2 Å². The summed E-state index contributed by atoms with van der Waals surface area (Å²) in [6.45, 7) is 3.16. The fraction of sp³-hybridized carbons (Fsp3) is 0.750. The molecular weight excluding hydrogens is 276 g/mol. The number of halogens is 2. The van der Waals surface area contributed by atoms with Gasteiger partial charge in [0, 0.05) is 0 Å². The molecule has 0 aromatic heterocycles. The Morgan fingerprint density at radius 3 is 2.40 bits per heavy atom. The number of rotatable bonds is 1. The number of esters is 1. The average molecular weight is 293 g/mol. The van der Waals surface area contributed by atoms with E-state index in [0.717, 1.165) is 7.11 Å². The van der Waals surface area contributed by atoms with Gasteiger partial charge in [-0.25, -0.2) is 18.4 Å². The van der Waals surface area contributed by atoms with Gasteiger partial charge in [-0.15, -0.1) is 0 Å². The fourth-order valence-corrected chi connectivity index (χ4v) is 1.72. The Morgan fingerprint density at radius 1 is 1.40 bits per heavy atom. The number of hydrogen-bond acceptors (Lipinski definition) is 5. The molecule has 0 spiro atoms. The zero-order valence-electron chi connectivity index (χ0n) is 11.7. The number of methoxy groups -OCH3 is 1. The van der Waals surface area contributed by atoms with E-state index in [2.05, 4.69) is 4.74 Å². The summed E-state index contributed by atoms with van der Waals surface area (Å²) >= 11 is 0. The number of piperidine rings is 1. The van der Waals surface area contributed by atoms with E-state index < -0.39 is 48.4 Å². The minimum Gasteiger partial charge on any atom is -0.466 e. The summed E-state index contributed by atoms with van der Waals surface area (Å²) in [5.74, 6) is -3.07. The van der Waals surface area contributed by atoms with Crippen molar-refractivity contribution < 1.29 is 32.6 Å². The van der Waals surface area contributed by atoms with Crippen LogP contribution in [0.15, 0.2) is 0 Å². The Balaban J connectivity index is 2.95. The maximum Gasteiger partial charge on any atom is 0.410 e. The van der Waals surface area contributed by atoms with Gasteiger partial charge in [0.15, 0.2) is 6.17 Å². The molecule has 6 nitrogen and oxygen atoms in total. The standard InChI is InChI=1S/C12H17F2NO5/c1-11(2,3)20-10(18)15-5-7(13)8(16)12(14,6-15)9(17)19-4/h7H,5-6H2,1-4H3. The van der Waals surface area contributed by atoms with Crippen LogP contribution in [0.5, 0.6) is 0 Å². The summed E-state index contributed by atoms with van der Waals surface area (Å²) in [5, 5.41) is 0. The largest absolute Gasteiger partial charge is 0.466 e. The minimum absolute atomic E-state index is 0.647. The molecule has 1 rings (SSSR count). The van der Waals surface area contributed by atoms with Crippen molar-refractivity contribution in [2.45, 2.75) is 38.2 Å². The highest BCUT2D eigenvalue weighted by Gasteiger charge is 2.57. The van der Waals surface area contributed by atoms with E-state index in [0.29, 0.717) is 4.90 Å². The topological polar surface area (TPSA) is 72.9 Å². The third-order valence-electron chi connectivity index (χ3n) is 2.63. The first-order valence-electron chi connectivity index (χ1n) is 5.95. The zero-order chi connectivity index (χ0) is 15.7. The summed E-state index contributed by atoms with van der Waals surface area (Å²) in [6.07, 6.45) is -3.31. The number of likely N-dealkylation sites (tertiary alicyclic amines) is 1. The van der Waals surface area contributed by atoms with Crippen LogP contribution in [0.1, 0.15) is 20.8 Å². The van der Waals surface area contributed by atoms with E-state index in [1.807, 2.05) is 0 Å². The van der Waals surface area contributed by atoms with E-state index in [9.17, 15) is 23.2 Å². The Bertz CT molecular complexity index is 434. The van der Waals surface area contributed by atoms with E-state index in [1.165, 1.54) is 0 Å². The molecule has 20 heavy (non-hydrogen) atoms. The van der Waals surface area contributed by atoms with E-state index in [-0.39, 0.29) is 0 Å². The molecule has 0 bridgehead atoms. The van der Waals surface area contributed by atoms with Gasteiger partial charge < -0.3 is 14.4 Å². The van der Waals surface area contributed by atoms with Gasteiger partial charge in [0.1, 0.15) is 5.60 Å². The number of ether oxygens (including phenoxy) is 2. The number of hydrogen-bond donors (Lipinski definition) is 0. The summed E-state index contributed by atoms with van der Waals surface area (Å²) in [6, 6.07) is 0. The predicted octanol–water partition coefficient (Wildman–Crippen LogP) is 1.03. The number of alkyl halides is 2. The molecule has 1 heterocycles. The Morgan fingerprint density at radius 2 is 1.95 bits per heavy atom. The summed E-state index contributed by atoms with van der Waals surface area (Å²) in [5.41, 5.74) is -4.07. The molecule has 1 fully saturated rings. The van der Waals surface area contributed by atoms with E-state index in [1.54, 1.807) is 20.8 Å². The van der Waals surface area contributed by atoms with Gasteiger partial charge in [-0.05, 0) is 20.8 Å². The van der Waals surface area contributed by atoms with Crippen molar-refractivity contribution >= 4 is 17.8 Å². The van der Waals surface area contributed by atoms with Crippen LogP contribution in [0, 0.1) is 0 Å². The SMILES string of the molecule is COC(=O)C1(F)CN(C(=O)OC(C)(C)C)CC(F)C1=O. The van der Waals surface area contributed by atoms with Gasteiger partial charge in [-0.2, -0.15) is 0 Å². The lowest BCUT2D eigenvalue weighted by atomic mass is 9.92. The highest BCUT2D eigenvalue weighted by molar-refractivity contribution is 6.10. The van der Waals surface area contributed by atoms with Gasteiger partial charge in [-0.1, -0.05) is 0 Å². The van der Waals surface area contributed by atoms with Crippen molar-refractivity contribution in [3.63, 3.8) is 0 Å². The maximum atomic E-state index is 14.3. The molecule has 0 saturated carbocycles. The number of carbonyl (C=O) groups excluding carboxylic acids is 3. The van der Waals surface area contributed by atoms with Gasteiger partial charge in [0.05, 0.1) is 20.2 Å². The predicted molar refractivity (Wildman–Crippen MR) is 63.6 cm³/mol. The van der Waals surface area contributed by atoms with Crippen LogP contribution in [0.4, 0.5) is 13.6 Å². The van der Waals surface area contributed by atoms with Crippen molar-refractivity contribution in [1.82, 2.24) is 4.90 Å². The Hall–Kier alpha value is -1.73. The quantitative estimate of drug-likeness (QED) is 0.533. The first-order chi connectivity index (χ1) is 9.01. The molecule has 0 radical (unpaired) electrons. The lowest BCUT2D eigenvalue weighted by molar-refractivity contribution is -0.167. The second-order valence-electron chi connectivity index (χ2n) is 5.49. The van der Waals surface area contributed by atoms with Gasteiger partial charge in [0.25, 0.3) is 5.67 Å². The van der Waals surface area contributed by atoms with Crippen LogP contribution in [0.2, 0.25) is 0 Å². The molecule has 2 unspecified atom stereocenters. The van der Waals surface area contributed by atoms with Crippen LogP contribution >= 0.6 is 0 Å². The molecule has 0 N–H and O–H groups in total. The van der Waals surface area contributed by atoms with Gasteiger partial charge in [0.2, 0.25) is 5.78 Å². The number of Topliss-reactive ketones (excluding diaryl/α,β-unsaturated/α-hetero) is 1. The smallest absolute Gasteiger partial charge is 0.410 e. The average Bonchev–Trinajstić information content (AvgIpc) is 2.32. The molecule has 0 aromatic carbocycles. The highest BCUT2D eigenvalue weighted by atomic mass is 19.2. The number of amides is 1. The minimum atomic E-state index is -3.21. The molecular formula is C12H17F2NO5. The highest BCUT2D eigenvalue weighted by Crippen LogP contribution is 2.26. The van der Waals surface area contributed by atoms with Crippen LogP contribution in [0.25, 0.3) is 0 Å². The first kappa shape index (κ1) is 16.3. The number of nitrogens with zero attached hydrogens (tertiary/aromatic N) is 1. The normalized spacial score (nSPS) is 27.2. The Kier molecular flexibility index (Phi) is 4.36. The maximum absolute atomic E-state index is 14.3. The van der Waals surface area contributed by atoms with E-state index >= 15 is 0 Å². The summed E-state index contributed by atoms with van der Waals surface area (Å²) in [4.78, 5) is 35.2. The van der Waals surface area contributed by atoms with Gasteiger partial charge >= 0.3 is 12.1 Å². The molecule has 0 aromatic rings. The van der Waals surface area contributed by atoms with Crippen LogP contribution in [0.3, 0.4) is 0 Å². The van der Waals surface area contributed by atoms with Crippen molar-refractivity contribution in [3.05, 3.63) is 0 Å². The van der Waals surface area contributed by atoms with Crippen LogP contribution < -0.4 is 0 Å². The molecule has 2 atom stereocenters. The molecule has 114 valence electrons. The first-order valence-corrected chi connectivity index (χ1v) is 5.95. The molecule has 8 heteroatoms. The second-order valence-corrected chi connectivity index (χ2v) is 5.49. The van der Waals surface area contributed by atoms with Crippen LogP contribution in [-0.2, 0) is 19.1 Å². The molecule has 1 saturated heterocycles. The molecule has 1 amide bonds. The lowest BCUT2D eigenvalue weighted by Gasteiger charge is -2.36. The zero-order valence-corrected chi connectivity index (χ0v) is 11.7.